The van der Waals surface area contributed by atoms with Crippen molar-refractivity contribution in [2.75, 3.05) is 24.7 Å². The lowest BCUT2D eigenvalue weighted by atomic mass is 10.1. The third kappa shape index (κ3) is 5.53. The van der Waals surface area contributed by atoms with Crippen molar-refractivity contribution in [1.29, 1.82) is 0 Å². The van der Waals surface area contributed by atoms with Gasteiger partial charge < -0.3 is 20.8 Å². The molecule has 1 amide bonds. The molecule has 8 nitrogen and oxygen atoms in total. The first-order chi connectivity index (χ1) is 8.84. The summed E-state index contributed by atoms with van der Waals surface area (Å²) in [6, 6.07) is -1.65. The maximum atomic E-state index is 11.6. The van der Waals surface area contributed by atoms with E-state index in [0.717, 1.165) is 0 Å². The molecule has 0 saturated carbocycles. The Morgan fingerprint density at radius 2 is 2.11 bits per heavy atom. The summed E-state index contributed by atoms with van der Waals surface area (Å²) in [7, 11) is -3.13. The highest BCUT2D eigenvalue weighted by Gasteiger charge is 2.27. The average molecular weight is 294 g/mol. The number of nitrogens with one attached hydrogen (secondary N) is 2. The summed E-state index contributed by atoms with van der Waals surface area (Å²) in [5.41, 5.74) is 0. The fourth-order valence-electron chi connectivity index (χ4n) is 1.86. The number of hydrogen-bond donors (Lipinski definition) is 4. The first-order valence-electron chi connectivity index (χ1n) is 5.91. The van der Waals surface area contributed by atoms with Crippen molar-refractivity contribution in [3.63, 3.8) is 0 Å². The van der Waals surface area contributed by atoms with Crippen molar-refractivity contribution >= 4 is 21.7 Å². The third-order valence-corrected chi connectivity index (χ3v) is 4.52. The van der Waals surface area contributed by atoms with Crippen LogP contribution in [0.2, 0.25) is 0 Å². The predicted octanol–water partition coefficient (Wildman–Crippen LogP) is -2.29. The van der Waals surface area contributed by atoms with E-state index in [1.54, 1.807) is 0 Å². The Morgan fingerprint density at radius 3 is 2.63 bits per heavy atom. The molecule has 1 aliphatic rings. The zero-order valence-corrected chi connectivity index (χ0v) is 11.1. The van der Waals surface area contributed by atoms with Gasteiger partial charge in [-0.15, -0.1) is 0 Å². The van der Waals surface area contributed by atoms with Gasteiger partial charge in [0, 0.05) is 32.0 Å². The van der Waals surface area contributed by atoms with E-state index in [1.165, 1.54) is 0 Å². The van der Waals surface area contributed by atoms with E-state index in [1.807, 2.05) is 0 Å². The summed E-state index contributed by atoms with van der Waals surface area (Å²) < 4.78 is 22.8. The lowest BCUT2D eigenvalue weighted by molar-refractivity contribution is -0.142. The van der Waals surface area contributed by atoms with Crippen LogP contribution in [0.25, 0.3) is 0 Å². The molecule has 0 aromatic rings. The van der Waals surface area contributed by atoms with Gasteiger partial charge in [-0.1, -0.05) is 0 Å². The topological polar surface area (TPSA) is 133 Å². The molecule has 0 bridgehead atoms. The maximum absolute atomic E-state index is 11.6. The first kappa shape index (κ1) is 15.9. The molecule has 4 N–H and O–H groups in total. The summed E-state index contributed by atoms with van der Waals surface area (Å²) in [5, 5.41) is 22.6. The molecule has 0 aromatic heterocycles. The second kappa shape index (κ2) is 6.83. The van der Waals surface area contributed by atoms with Crippen LogP contribution in [-0.4, -0.2) is 67.2 Å². The van der Waals surface area contributed by atoms with E-state index < -0.39 is 33.8 Å². The van der Waals surface area contributed by atoms with Crippen molar-refractivity contribution in [2.45, 2.75) is 24.9 Å². The number of amides is 1. The van der Waals surface area contributed by atoms with Crippen molar-refractivity contribution in [3.05, 3.63) is 0 Å². The number of aliphatic hydroxyl groups excluding tert-OH is 1. The monoisotopic (exact) mass is 294 g/mol. The lowest BCUT2D eigenvalue weighted by Crippen LogP contribution is -2.49. The van der Waals surface area contributed by atoms with Crippen LogP contribution in [0, 0.1) is 0 Å². The number of sulfone groups is 1. The quantitative estimate of drug-likeness (QED) is 0.433. The molecule has 0 spiro atoms. The summed E-state index contributed by atoms with van der Waals surface area (Å²) >= 11 is 0. The van der Waals surface area contributed by atoms with Crippen LogP contribution in [-0.2, 0) is 19.4 Å². The van der Waals surface area contributed by atoms with Gasteiger partial charge in [-0.25, -0.2) is 13.2 Å². The number of rotatable bonds is 6. The van der Waals surface area contributed by atoms with Gasteiger partial charge in [-0.3, -0.25) is 4.79 Å². The standard InChI is InChI=1S/C10H18N2O6S/c13-3-1-8(10(15)16)12-9(14)5-7-6-19(17,18)4-2-11-7/h7-8,11,13H,1-6H2,(H,12,14)(H,15,16)/t7?,8-/m0/s1. The Balaban J connectivity index is 2.48. The minimum Gasteiger partial charge on any atom is -0.480 e. The van der Waals surface area contributed by atoms with Crippen molar-refractivity contribution in [1.82, 2.24) is 10.6 Å². The zero-order valence-electron chi connectivity index (χ0n) is 10.3. The summed E-state index contributed by atoms with van der Waals surface area (Å²) in [4.78, 5) is 22.4. The number of carbonyl (C=O) groups excluding carboxylic acids is 1. The molecule has 1 heterocycles. The summed E-state index contributed by atoms with van der Waals surface area (Å²) in [6.45, 7) is -0.0629. The molecule has 9 heteroatoms. The van der Waals surface area contributed by atoms with Gasteiger partial charge in [0.15, 0.2) is 9.84 Å². The first-order valence-corrected chi connectivity index (χ1v) is 7.73. The second-order valence-electron chi connectivity index (χ2n) is 4.44. The molecule has 110 valence electrons. The SMILES string of the molecule is O=C(CC1CS(=O)(=O)CCN1)N[C@@H](CCO)C(=O)O. The molecule has 2 atom stereocenters. The number of hydrogen-bond acceptors (Lipinski definition) is 6. The van der Waals surface area contributed by atoms with E-state index in [4.69, 9.17) is 10.2 Å². The molecule has 0 radical (unpaired) electrons. The van der Waals surface area contributed by atoms with Gasteiger partial charge in [0.05, 0.1) is 11.5 Å². The largest absolute Gasteiger partial charge is 0.480 e. The van der Waals surface area contributed by atoms with Crippen LogP contribution in [0.1, 0.15) is 12.8 Å². The number of aliphatic hydroxyl groups is 1. The maximum Gasteiger partial charge on any atom is 0.326 e. The van der Waals surface area contributed by atoms with Crippen molar-refractivity contribution in [2.24, 2.45) is 0 Å². The van der Waals surface area contributed by atoms with E-state index in [2.05, 4.69) is 10.6 Å². The Hall–Kier alpha value is -1.19. The number of carboxylic acids is 1. The van der Waals surface area contributed by atoms with Crippen LogP contribution in [0.15, 0.2) is 0 Å². The molecular weight excluding hydrogens is 276 g/mol. The summed E-state index contributed by atoms with van der Waals surface area (Å²) in [5.74, 6) is -1.85. The highest BCUT2D eigenvalue weighted by molar-refractivity contribution is 7.91. The van der Waals surface area contributed by atoms with E-state index in [0.29, 0.717) is 6.54 Å². The molecule has 1 rings (SSSR count). The minimum absolute atomic E-state index is 0.0490. The van der Waals surface area contributed by atoms with Gasteiger partial charge >= 0.3 is 5.97 Å². The van der Waals surface area contributed by atoms with Gasteiger partial charge in [0.2, 0.25) is 5.91 Å². The molecule has 19 heavy (non-hydrogen) atoms. The molecule has 1 unspecified atom stereocenters. The molecule has 1 fully saturated rings. The fourth-order valence-corrected chi connectivity index (χ4v) is 3.31. The zero-order chi connectivity index (χ0) is 14.5. The number of aliphatic carboxylic acids is 1. The van der Waals surface area contributed by atoms with E-state index >= 15 is 0 Å². The van der Waals surface area contributed by atoms with Crippen LogP contribution in [0.4, 0.5) is 0 Å². The Bertz CT molecular complexity index is 435. The normalized spacial score (nSPS) is 23.5. The van der Waals surface area contributed by atoms with Crippen LogP contribution in [0.5, 0.6) is 0 Å². The van der Waals surface area contributed by atoms with Gasteiger partial charge in [-0.05, 0) is 0 Å². The lowest BCUT2D eigenvalue weighted by Gasteiger charge is -2.23. The van der Waals surface area contributed by atoms with Crippen molar-refractivity contribution in [3.8, 4) is 0 Å². The van der Waals surface area contributed by atoms with Crippen LogP contribution in [0.3, 0.4) is 0 Å². The third-order valence-electron chi connectivity index (χ3n) is 2.78. The smallest absolute Gasteiger partial charge is 0.326 e. The molecule has 1 saturated heterocycles. The van der Waals surface area contributed by atoms with Crippen LogP contribution < -0.4 is 10.6 Å². The second-order valence-corrected chi connectivity index (χ2v) is 6.67. The van der Waals surface area contributed by atoms with Crippen LogP contribution >= 0.6 is 0 Å². The van der Waals surface area contributed by atoms with E-state index in [-0.39, 0.29) is 31.0 Å². The minimum atomic E-state index is -3.13. The predicted molar refractivity (Wildman–Crippen MR) is 66.3 cm³/mol. The van der Waals surface area contributed by atoms with E-state index in [9.17, 15) is 18.0 Å². The van der Waals surface area contributed by atoms with Gasteiger partial charge in [-0.2, -0.15) is 0 Å². The molecular formula is C10H18N2O6S. The molecule has 0 aliphatic carbocycles. The van der Waals surface area contributed by atoms with Gasteiger partial charge in [0.1, 0.15) is 6.04 Å². The fraction of sp³-hybridized carbons (Fsp3) is 0.800. The number of carbonyl (C=O) groups is 2. The van der Waals surface area contributed by atoms with Crippen molar-refractivity contribution < 1.29 is 28.2 Å². The molecule has 0 aromatic carbocycles. The Kier molecular flexibility index (Phi) is 5.70. The summed E-state index contributed by atoms with van der Waals surface area (Å²) in [6.07, 6.45) is -0.189. The Labute approximate surface area is 111 Å². The number of carboxylic acid groups (broad SMARTS) is 1. The Morgan fingerprint density at radius 1 is 1.42 bits per heavy atom. The average Bonchev–Trinajstić information content (AvgIpc) is 2.26. The molecule has 1 aliphatic heterocycles. The van der Waals surface area contributed by atoms with Gasteiger partial charge in [0.25, 0.3) is 0 Å². The highest BCUT2D eigenvalue weighted by Crippen LogP contribution is 2.05. The highest BCUT2D eigenvalue weighted by atomic mass is 32.2.